The van der Waals surface area contributed by atoms with Gasteiger partial charge in [0.25, 0.3) is 5.69 Å². The summed E-state index contributed by atoms with van der Waals surface area (Å²) in [5.41, 5.74) is 2.31. The number of rotatable bonds is 9. The smallest absolute Gasteiger partial charge is 0.336 e. The summed E-state index contributed by atoms with van der Waals surface area (Å²) in [5.74, 6) is -2.36. The largest absolute Gasteiger partial charge is 0.466 e. The van der Waals surface area contributed by atoms with Crippen molar-refractivity contribution in [3.05, 3.63) is 97.3 Å². The van der Waals surface area contributed by atoms with Crippen LogP contribution in [0.25, 0.3) is 0 Å². The highest BCUT2D eigenvalue weighted by molar-refractivity contribution is 6.31. The van der Waals surface area contributed by atoms with Gasteiger partial charge in [0.2, 0.25) is 0 Å². The van der Waals surface area contributed by atoms with Crippen molar-refractivity contribution in [1.82, 2.24) is 10.2 Å². The van der Waals surface area contributed by atoms with Crippen LogP contribution in [0.1, 0.15) is 30.9 Å². The van der Waals surface area contributed by atoms with Crippen molar-refractivity contribution in [2.24, 2.45) is 0 Å². The topological polar surface area (TPSA) is 111 Å². The molecule has 1 unspecified atom stereocenters. The monoisotopic (exact) mass is 513 g/mol. The number of benzene rings is 2. The minimum absolute atomic E-state index is 0.102. The van der Waals surface area contributed by atoms with Crippen LogP contribution >= 0.6 is 11.6 Å². The fraction of sp³-hybridized carbons (Fsp3) is 0.308. The number of hydrogen-bond donors (Lipinski definition) is 1. The summed E-state index contributed by atoms with van der Waals surface area (Å²) in [6.07, 6.45) is 0. The second-order valence-corrected chi connectivity index (χ2v) is 8.86. The maximum Gasteiger partial charge on any atom is 0.336 e. The standard InChI is InChI=1S/C26H28ClN3O6/c1-16-22(25(31)35-4)24(20-14-19(30(33)34)10-11-21(20)27)23(17(2)28-16)26(32)36-13-12-29(3)15-18-8-6-5-7-9-18/h5-11,14,24,28H,12-13,15H2,1-4H3. The van der Waals surface area contributed by atoms with E-state index in [-0.39, 0.29) is 34.0 Å². The Kier molecular flexibility index (Phi) is 8.84. The molecule has 0 radical (unpaired) electrons. The first kappa shape index (κ1) is 26.9. The van der Waals surface area contributed by atoms with Gasteiger partial charge < -0.3 is 14.8 Å². The lowest BCUT2D eigenvalue weighted by Crippen LogP contribution is -2.33. The number of nitro groups is 1. The van der Waals surface area contributed by atoms with Crippen molar-refractivity contribution < 1.29 is 24.0 Å². The van der Waals surface area contributed by atoms with E-state index in [0.29, 0.717) is 24.5 Å². The van der Waals surface area contributed by atoms with Gasteiger partial charge in [-0.15, -0.1) is 0 Å². The Morgan fingerprint density at radius 2 is 1.72 bits per heavy atom. The average molecular weight is 514 g/mol. The van der Waals surface area contributed by atoms with Crippen molar-refractivity contribution >= 4 is 29.2 Å². The van der Waals surface area contributed by atoms with E-state index >= 15 is 0 Å². The molecule has 10 heteroatoms. The van der Waals surface area contributed by atoms with Crippen LogP contribution in [0.3, 0.4) is 0 Å². The van der Waals surface area contributed by atoms with Gasteiger partial charge in [0.15, 0.2) is 0 Å². The van der Waals surface area contributed by atoms with Crippen LogP contribution in [0.2, 0.25) is 5.02 Å². The van der Waals surface area contributed by atoms with Crippen LogP contribution in [0, 0.1) is 10.1 Å². The number of nitrogens with zero attached hydrogens (tertiary/aromatic N) is 2. The number of carbonyl (C=O) groups is 2. The quantitative estimate of drug-likeness (QED) is 0.299. The number of nitro benzene ring substituents is 1. The number of hydrogen-bond acceptors (Lipinski definition) is 8. The second-order valence-electron chi connectivity index (χ2n) is 8.45. The van der Waals surface area contributed by atoms with E-state index in [4.69, 9.17) is 21.1 Å². The molecule has 0 fully saturated rings. The molecule has 2 aromatic carbocycles. The highest BCUT2D eigenvalue weighted by atomic mass is 35.5. The third kappa shape index (κ3) is 6.10. The minimum Gasteiger partial charge on any atom is -0.466 e. The maximum absolute atomic E-state index is 13.3. The van der Waals surface area contributed by atoms with Gasteiger partial charge in [0.05, 0.1) is 29.1 Å². The molecule has 0 saturated heterocycles. The first-order chi connectivity index (χ1) is 17.1. The average Bonchev–Trinajstić information content (AvgIpc) is 2.83. The van der Waals surface area contributed by atoms with Crippen LogP contribution < -0.4 is 5.32 Å². The molecule has 0 aliphatic carbocycles. The summed E-state index contributed by atoms with van der Waals surface area (Å²) in [6.45, 7) is 4.59. The predicted molar refractivity (Wildman–Crippen MR) is 135 cm³/mol. The number of dihydropyridines is 1. The summed E-state index contributed by atoms with van der Waals surface area (Å²) >= 11 is 6.44. The Bertz CT molecular complexity index is 1230. The number of ether oxygens (including phenoxy) is 2. The highest BCUT2D eigenvalue weighted by Crippen LogP contribution is 2.42. The first-order valence-corrected chi connectivity index (χ1v) is 11.6. The number of methoxy groups -OCH3 is 1. The lowest BCUT2D eigenvalue weighted by atomic mass is 9.80. The van der Waals surface area contributed by atoms with Crippen molar-refractivity contribution in [1.29, 1.82) is 0 Å². The Hall–Kier alpha value is -3.69. The molecule has 3 rings (SSSR count). The molecule has 0 bridgehead atoms. The lowest BCUT2D eigenvalue weighted by Gasteiger charge is -2.30. The molecule has 0 amide bonds. The van der Waals surface area contributed by atoms with E-state index in [9.17, 15) is 19.7 Å². The molecule has 0 aromatic heterocycles. The van der Waals surface area contributed by atoms with E-state index in [1.165, 1.54) is 25.3 Å². The molecule has 190 valence electrons. The van der Waals surface area contributed by atoms with Gasteiger partial charge in [-0.3, -0.25) is 15.0 Å². The summed E-state index contributed by atoms with van der Waals surface area (Å²) in [6, 6.07) is 13.8. The summed E-state index contributed by atoms with van der Waals surface area (Å²) < 4.78 is 10.6. The number of esters is 2. The third-order valence-electron chi connectivity index (χ3n) is 5.89. The predicted octanol–water partition coefficient (Wildman–Crippen LogP) is 4.33. The van der Waals surface area contributed by atoms with Gasteiger partial charge in [0.1, 0.15) is 6.61 Å². The van der Waals surface area contributed by atoms with Crippen molar-refractivity contribution in [3.8, 4) is 0 Å². The Balaban J connectivity index is 1.89. The van der Waals surface area contributed by atoms with Gasteiger partial charge in [-0.05, 0) is 38.1 Å². The van der Waals surface area contributed by atoms with Gasteiger partial charge in [-0.2, -0.15) is 0 Å². The normalized spacial score (nSPS) is 15.6. The van der Waals surface area contributed by atoms with E-state index in [2.05, 4.69) is 5.32 Å². The van der Waals surface area contributed by atoms with Gasteiger partial charge >= 0.3 is 11.9 Å². The SMILES string of the molecule is COC(=O)C1=C(C)NC(C)=C(C(=O)OCCN(C)Cc2ccccc2)C1c1cc([N+](=O)[O-])ccc1Cl. The summed E-state index contributed by atoms with van der Waals surface area (Å²) in [4.78, 5) is 39.0. The molecule has 1 heterocycles. The molecule has 1 aliphatic rings. The molecular formula is C26H28ClN3O6. The summed E-state index contributed by atoms with van der Waals surface area (Å²) in [7, 11) is 3.14. The van der Waals surface area contributed by atoms with Crippen molar-refractivity contribution in [3.63, 3.8) is 0 Å². The molecular weight excluding hydrogens is 486 g/mol. The van der Waals surface area contributed by atoms with Crippen LogP contribution in [0.15, 0.2) is 71.1 Å². The lowest BCUT2D eigenvalue weighted by molar-refractivity contribution is -0.384. The maximum atomic E-state index is 13.3. The molecule has 9 nitrogen and oxygen atoms in total. The molecule has 1 atom stereocenters. The molecule has 1 N–H and O–H groups in total. The van der Waals surface area contributed by atoms with Crippen LogP contribution in [-0.2, 0) is 25.6 Å². The highest BCUT2D eigenvalue weighted by Gasteiger charge is 2.39. The van der Waals surface area contributed by atoms with E-state index in [1.54, 1.807) is 13.8 Å². The Morgan fingerprint density at radius 1 is 1.08 bits per heavy atom. The Morgan fingerprint density at radius 3 is 2.33 bits per heavy atom. The van der Waals surface area contributed by atoms with E-state index in [0.717, 1.165) is 5.56 Å². The van der Waals surface area contributed by atoms with Crippen LogP contribution in [0.4, 0.5) is 5.69 Å². The summed E-state index contributed by atoms with van der Waals surface area (Å²) in [5, 5.41) is 14.6. The molecule has 2 aromatic rings. The zero-order chi connectivity index (χ0) is 26.4. The van der Waals surface area contributed by atoms with E-state index in [1.807, 2.05) is 42.3 Å². The Labute approximate surface area is 214 Å². The van der Waals surface area contributed by atoms with Crippen molar-refractivity contribution in [2.45, 2.75) is 26.3 Å². The molecule has 1 aliphatic heterocycles. The fourth-order valence-corrected chi connectivity index (χ4v) is 4.39. The molecule has 0 spiro atoms. The van der Waals surface area contributed by atoms with Gasteiger partial charge in [-0.25, -0.2) is 9.59 Å². The number of non-ortho nitro benzene ring substituents is 1. The number of nitrogens with one attached hydrogen (secondary N) is 1. The van der Waals surface area contributed by atoms with Gasteiger partial charge in [0, 0.05) is 41.6 Å². The van der Waals surface area contributed by atoms with Crippen molar-refractivity contribution in [2.75, 3.05) is 27.3 Å². The first-order valence-electron chi connectivity index (χ1n) is 11.2. The van der Waals surface area contributed by atoms with Gasteiger partial charge in [-0.1, -0.05) is 41.9 Å². The second kappa shape index (κ2) is 11.8. The molecule has 0 saturated carbocycles. The fourth-order valence-electron chi connectivity index (χ4n) is 4.17. The van der Waals surface area contributed by atoms with E-state index < -0.39 is 22.8 Å². The third-order valence-corrected chi connectivity index (χ3v) is 6.23. The number of allylic oxidation sites excluding steroid dienone is 2. The number of halogens is 1. The van der Waals surface area contributed by atoms with Crippen LogP contribution in [0.5, 0.6) is 0 Å². The zero-order valence-electron chi connectivity index (χ0n) is 20.5. The number of carbonyl (C=O) groups excluding carboxylic acids is 2. The molecule has 36 heavy (non-hydrogen) atoms. The zero-order valence-corrected chi connectivity index (χ0v) is 21.3. The van der Waals surface area contributed by atoms with Crippen LogP contribution in [-0.4, -0.2) is 49.1 Å². The number of likely N-dealkylation sites (N-methyl/N-ethyl adjacent to an activating group) is 1. The minimum atomic E-state index is -1.01.